The zero-order chi connectivity index (χ0) is 9.84. The largest absolute Gasteiger partial charge is 0.504 e. The molecule has 1 atom stereocenters. The molecule has 0 spiro atoms. The van der Waals surface area contributed by atoms with Crippen molar-refractivity contribution < 1.29 is 10.2 Å². The number of phenols is 2. The van der Waals surface area contributed by atoms with E-state index in [0.717, 1.165) is 12.1 Å². The van der Waals surface area contributed by atoms with Crippen molar-refractivity contribution >= 4 is 0 Å². The Bertz CT molecular complexity index is 286. The number of rotatable bonds is 3. The third-order valence-corrected chi connectivity index (χ3v) is 2.08. The number of benzene rings is 1. The molecule has 1 aromatic carbocycles. The first-order valence-electron chi connectivity index (χ1n) is 4.31. The molecule has 0 amide bonds. The monoisotopic (exact) mass is 181 g/mol. The third kappa shape index (κ3) is 2.36. The fourth-order valence-corrected chi connectivity index (χ4v) is 1.27. The molecule has 0 bridgehead atoms. The van der Waals surface area contributed by atoms with E-state index in [2.05, 4.69) is 12.2 Å². The van der Waals surface area contributed by atoms with E-state index in [1.807, 2.05) is 13.1 Å². The lowest BCUT2D eigenvalue weighted by Gasteiger charge is -2.11. The molecule has 0 aliphatic heterocycles. The molecule has 0 radical (unpaired) electrons. The second-order valence-electron chi connectivity index (χ2n) is 3.21. The van der Waals surface area contributed by atoms with Gasteiger partial charge < -0.3 is 15.5 Å². The standard InChI is InChI=1S/C10H15NO2/c1-7(6-11-2)8-3-4-9(12)10(13)5-8/h3-5,7,11-13H,6H2,1-2H3/t7-/m1/s1. The zero-order valence-electron chi connectivity index (χ0n) is 7.91. The number of phenolic OH excluding ortho intramolecular Hbond substituents is 2. The van der Waals surface area contributed by atoms with Crippen LogP contribution in [0, 0.1) is 0 Å². The van der Waals surface area contributed by atoms with E-state index in [0.29, 0.717) is 5.92 Å². The van der Waals surface area contributed by atoms with Gasteiger partial charge in [0.1, 0.15) is 0 Å². The van der Waals surface area contributed by atoms with Gasteiger partial charge in [0, 0.05) is 6.54 Å². The van der Waals surface area contributed by atoms with Gasteiger partial charge in [-0.15, -0.1) is 0 Å². The van der Waals surface area contributed by atoms with Gasteiger partial charge in [-0.2, -0.15) is 0 Å². The van der Waals surface area contributed by atoms with Gasteiger partial charge in [-0.05, 0) is 30.7 Å². The van der Waals surface area contributed by atoms with Gasteiger partial charge in [-0.25, -0.2) is 0 Å². The molecule has 13 heavy (non-hydrogen) atoms. The number of likely N-dealkylation sites (N-methyl/N-ethyl adjacent to an activating group) is 1. The van der Waals surface area contributed by atoms with Gasteiger partial charge >= 0.3 is 0 Å². The van der Waals surface area contributed by atoms with E-state index >= 15 is 0 Å². The van der Waals surface area contributed by atoms with Crippen molar-refractivity contribution in [1.29, 1.82) is 0 Å². The minimum Gasteiger partial charge on any atom is -0.504 e. The van der Waals surface area contributed by atoms with Crippen molar-refractivity contribution in [3.63, 3.8) is 0 Å². The summed E-state index contributed by atoms with van der Waals surface area (Å²) in [5, 5.41) is 21.4. The predicted octanol–water partition coefficient (Wildman–Crippen LogP) is 1.42. The van der Waals surface area contributed by atoms with Crippen LogP contribution in [0.2, 0.25) is 0 Å². The Morgan fingerprint density at radius 3 is 2.54 bits per heavy atom. The van der Waals surface area contributed by atoms with Gasteiger partial charge in [0.15, 0.2) is 11.5 Å². The summed E-state index contributed by atoms with van der Waals surface area (Å²) < 4.78 is 0. The van der Waals surface area contributed by atoms with E-state index in [-0.39, 0.29) is 11.5 Å². The highest BCUT2D eigenvalue weighted by atomic mass is 16.3. The maximum absolute atomic E-state index is 9.25. The Hall–Kier alpha value is -1.22. The average Bonchev–Trinajstić information content (AvgIpc) is 2.10. The van der Waals surface area contributed by atoms with Crippen molar-refractivity contribution in [2.75, 3.05) is 13.6 Å². The third-order valence-electron chi connectivity index (χ3n) is 2.08. The first-order valence-corrected chi connectivity index (χ1v) is 4.31. The highest BCUT2D eigenvalue weighted by Crippen LogP contribution is 2.28. The summed E-state index contributed by atoms with van der Waals surface area (Å²) in [6, 6.07) is 4.92. The molecule has 1 aromatic rings. The zero-order valence-corrected chi connectivity index (χ0v) is 7.91. The van der Waals surface area contributed by atoms with E-state index in [1.165, 1.54) is 6.07 Å². The van der Waals surface area contributed by atoms with Crippen LogP contribution in [0.15, 0.2) is 18.2 Å². The Labute approximate surface area is 78.0 Å². The van der Waals surface area contributed by atoms with Crippen LogP contribution >= 0.6 is 0 Å². The van der Waals surface area contributed by atoms with Crippen LogP contribution in [0.4, 0.5) is 0 Å². The van der Waals surface area contributed by atoms with E-state index in [1.54, 1.807) is 6.07 Å². The quantitative estimate of drug-likeness (QED) is 0.618. The molecule has 0 heterocycles. The number of hydrogen-bond acceptors (Lipinski definition) is 3. The van der Waals surface area contributed by atoms with Gasteiger partial charge in [0.25, 0.3) is 0 Å². The summed E-state index contributed by atoms with van der Waals surface area (Å²) in [7, 11) is 1.89. The van der Waals surface area contributed by atoms with E-state index in [9.17, 15) is 5.11 Å². The molecule has 0 fully saturated rings. The lowest BCUT2D eigenvalue weighted by atomic mass is 10.0. The molecular formula is C10H15NO2. The van der Waals surface area contributed by atoms with Crippen molar-refractivity contribution in [3.8, 4) is 11.5 Å². The first-order chi connectivity index (χ1) is 6.15. The smallest absolute Gasteiger partial charge is 0.157 e. The second-order valence-corrected chi connectivity index (χ2v) is 3.21. The fourth-order valence-electron chi connectivity index (χ4n) is 1.27. The van der Waals surface area contributed by atoms with E-state index in [4.69, 9.17) is 5.11 Å². The Kier molecular flexibility index (Phi) is 3.14. The summed E-state index contributed by atoms with van der Waals surface area (Å²) in [4.78, 5) is 0. The second kappa shape index (κ2) is 4.14. The fraction of sp³-hybridized carbons (Fsp3) is 0.400. The maximum atomic E-state index is 9.25. The Morgan fingerprint density at radius 2 is 2.00 bits per heavy atom. The predicted molar refractivity (Wildman–Crippen MR) is 52.1 cm³/mol. The van der Waals surface area contributed by atoms with E-state index < -0.39 is 0 Å². The van der Waals surface area contributed by atoms with Crippen LogP contribution in [0.1, 0.15) is 18.4 Å². The van der Waals surface area contributed by atoms with Gasteiger partial charge in [0.05, 0.1) is 0 Å². The summed E-state index contributed by atoms with van der Waals surface area (Å²) in [6.07, 6.45) is 0. The highest BCUT2D eigenvalue weighted by molar-refractivity contribution is 5.41. The molecule has 0 aliphatic carbocycles. The van der Waals surface area contributed by atoms with Crippen molar-refractivity contribution in [2.24, 2.45) is 0 Å². The van der Waals surface area contributed by atoms with Crippen LogP contribution < -0.4 is 5.32 Å². The lowest BCUT2D eigenvalue weighted by molar-refractivity contribution is 0.402. The molecule has 3 nitrogen and oxygen atoms in total. The summed E-state index contributed by atoms with van der Waals surface area (Å²) in [5.41, 5.74) is 1.02. The molecule has 1 rings (SSSR count). The molecule has 0 saturated heterocycles. The molecule has 0 aromatic heterocycles. The average molecular weight is 181 g/mol. The number of hydrogen-bond donors (Lipinski definition) is 3. The maximum Gasteiger partial charge on any atom is 0.157 e. The highest BCUT2D eigenvalue weighted by Gasteiger charge is 2.06. The number of nitrogens with one attached hydrogen (secondary N) is 1. The molecule has 0 aliphatic rings. The molecule has 72 valence electrons. The van der Waals surface area contributed by atoms with Crippen molar-refractivity contribution in [1.82, 2.24) is 5.32 Å². The number of aromatic hydroxyl groups is 2. The van der Waals surface area contributed by atoms with Crippen LogP contribution in [0.5, 0.6) is 11.5 Å². The van der Waals surface area contributed by atoms with Crippen LogP contribution in [0.3, 0.4) is 0 Å². The summed E-state index contributed by atoms with van der Waals surface area (Å²) in [6.45, 7) is 2.91. The SMILES string of the molecule is CNC[C@@H](C)c1ccc(O)c(O)c1. The molecule has 3 heteroatoms. The Morgan fingerprint density at radius 1 is 1.31 bits per heavy atom. The minimum absolute atomic E-state index is 0.0551. The van der Waals surface area contributed by atoms with Gasteiger partial charge in [-0.1, -0.05) is 13.0 Å². The van der Waals surface area contributed by atoms with Crippen LogP contribution in [-0.2, 0) is 0 Å². The van der Waals surface area contributed by atoms with Gasteiger partial charge in [0.2, 0.25) is 0 Å². The first kappa shape index (κ1) is 9.86. The topological polar surface area (TPSA) is 52.5 Å². The molecule has 0 saturated carbocycles. The van der Waals surface area contributed by atoms with Gasteiger partial charge in [-0.3, -0.25) is 0 Å². The Balaban J connectivity index is 2.84. The van der Waals surface area contributed by atoms with Crippen LogP contribution in [0.25, 0.3) is 0 Å². The lowest BCUT2D eigenvalue weighted by Crippen LogP contribution is -2.14. The van der Waals surface area contributed by atoms with Crippen molar-refractivity contribution in [2.45, 2.75) is 12.8 Å². The molecular weight excluding hydrogens is 166 g/mol. The molecule has 3 N–H and O–H groups in total. The minimum atomic E-state index is -0.0691. The molecule has 0 unspecified atom stereocenters. The summed E-state index contributed by atoms with van der Waals surface area (Å²) >= 11 is 0. The normalized spacial score (nSPS) is 12.8. The summed E-state index contributed by atoms with van der Waals surface area (Å²) in [5.74, 6) is 0.206. The van der Waals surface area contributed by atoms with Crippen molar-refractivity contribution in [3.05, 3.63) is 23.8 Å². The van der Waals surface area contributed by atoms with Crippen LogP contribution in [-0.4, -0.2) is 23.8 Å².